The highest BCUT2D eigenvalue weighted by molar-refractivity contribution is 7.87. The molecule has 0 aromatic heterocycles. The summed E-state index contributed by atoms with van der Waals surface area (Å²) >= 11 is 0. The third-order valence-electron chi connectivity index (χ3n) is 5.40. The summed E-state index contributed by atoms with van der Waals surface area (Å²) in [4.78, 5) is 72.9. The van der Waals surface area contributed by atoms with E-state index in [1.54, 1.807) is 0 Å². The van der Waals surface area contributed by atoms with Gasteiger partial charge in [0.1, 0.15) is 0 Å². The predicted molar refractivity (Wildman–Crippen MR) is 99.4 cm³/mol. The van der Waals surface area contributed by atoms with Crippen LogP contribution in [0.5, 0.6) is 0 Å². The van der Waals surface area contributed by atoms with Gasteiger partial charge in [-0.3, -0.25) is 38.1 Å². The van der Waals surface area contributed by atoms with Crippen LogP contribution in [0.1, 0.15) is 44.9 Å². The second-order valence-corrected chi connectivity index (χ2v) is 10.8. The maximum absolute atomic E-state index is 12.7. The van der Waals surface area contributed by atoms with Crippen molar-refractivity contribution in [1.82, 2.24) is 9.80 Å². The standard InChI is InChI=1S/C16H20N2O14S2/c19-10-6-8(33(27,28)29)13(23)17(10)16(15(25)26,5-3-1-2-4-12(21)22)18-11(20)7-9(14(18)24)34(30,31)32/h8-9H,1-7H2,(H,21,22)(H,25,26)(H,27,28,29)(H,30,31,32)/p-2. The van der Waals surface area contributed by atoms with Gasteiger partial charge in [0.05, 0.1) is 18.8 Å². The summed E-state index contributed by atoms with van der Waals surface area (Å²) in [6.07, 6.45) is -4.58. The first-order valence-corrected chi connectivity index (χ1v) is 12.5. The van der Waals surface area contributed by atoms with Crippen molar-refractivity contribution in [3.8, 4) is 0 Å². The van der Waals surface area contributed by atoms with E-state index < -0.39 is 97.6 Å². The van der Waals surface area contributed by atoms with E-state index in [1.165, 1.54) is 0 Å². The predicted octanol–water partition coefficient (Wildman–Crippen LogP) is -4.84. The summed E-state index contributed by atoms with van der Waals surface area (Å²) in [6, 6.07) is 0. The van der Waals surface area contributed by atoms with E-state index in [-0.39, 0.29) is 29.1 Å². The molecular formula is C16H18N2O14S2-2. The van der Waals surface area contributed by atoms with Crippen LogP contribution in [0.4, 0.5) is 0 Å². The molecule has 0 aromatic rings. The maximum atomic E-state index is 12.7. The van der Waals surface area contributed by atoms with Crippen molar-refractivity contribution in [2.24, 2.45) is 0 Å². The van der Waals surface area contributed by atoms with Gasteiger partial charge in [0.25, 0.3) is 32.1 Å². The first kappa shape index (κ1) is 27.3. The largest absolute Gasteiger partial charge is 0.550 e. The first-order chi connectivity index (χ1) is 15.5. The zero-order valence-electron chi connectivity index (χ0n) is 17.1. The zero-order chi connectivity index (χ0) is 26.2. The van der Waals surface area contributed by atoms with Crippen LogP contribution in [0.25, 0.3) is 0 Å². The van der Waals surface area contributed by atoms with Crippen LogP contribution in [-0.2, 0) is 49.0 Å². The molecule has 2 saturated heterocycles. The highest BCUT2D eigenvalue weighted by Crippen LogP contribution is 2.38. The summed E-state index contributed by atoms with van der Waals surface area (Å²) in [5, 5.41) is 17.9. The monoisotopic (exact) mass is 526 g/mol. The quantitative estimate of drug-likeness (QED) is 0.145. The van der Waals surface area contributed by atoms with E-state index in [4.69, 9.17) is 0 Å². The van der Waals surface area contributed by atoms with Crippen LogP contribution in [0.3, 0.4) is 0 Å². The van der Waals surface area contributed by atoms with Crippen LogP contribution < -0.4 is 10.2 Å². The van der Waals surface area contributed by atoms with Crippen molar-refractivity contribution in [2.45, 2.75) is 61.1 Å². The van der Waals surface area contributed by atoms with Gasteiger partial charge < -0.3 is 19.8 Å². The summed E-state index contributed by atoms with van der Waals surface area (Å²) in [5.41, 5.74) is -3.36. The minimum Gasteiger partial charge on any atom is -0.550 e. The van der Waals surface area contributed by atoms with Crippen molar-refractivity contribution >= 4 is 55.8 Å². The Bertz CT molecular complexity index is 1090. The fraction of sp³-hybridized carbons (Fsp3) is 0.625. The summed E-state index contributed by atoms with van der Waals surface area (Å²) in [7, 11) is -10.5. The van der Waals surface area contributed by atoms with Crippen molar-refractivity contribution in [1.29, 1.82) is 0 Å². The summed E-state index contributed by atoms with van der Waals surface area (Å²) < 4.78 is 64.5. The second kappa shape index (κ2) is 9.35. The molecule has 34 heavy (non-hydrogen) atoms. The van der Waals surface area contributed by atoms with E-state index in [9.17, 15) is 64.9 Å². The van der Waals surface area contributed by atoms with Gasteiger partial charge in [-0.15, -0.1) is 0 Å². The topological polar surface area (TPSA) is 264 Å². The van der Waals surface area contributed by atoms with Crippen molar-refractivity contribution in [3.63, 3.8) is 0 Å². The molecule has 2 atom stereocenters. The molecule has 0 spiro atoms. The van der Waals surface area contributed by atoms with Crippen LogP contribution in [0, 0.1) is 0 Å². The van der Waals surface area contributed by atoms with Gasteiger partial charge in [-0.05, 0) is 25.7 Å². The fourth-order valence-corrected chi connectivity index (χ4v) is 5.30. The minimum atomic E-state index is -5.25. The van der Waals surface area contributed by atoms with Gasteiger partial charge in [-0.2, -0.15) is 16.8 Å². The number of unbranched alkanes of at least 4 members (excludes halogenated alkanes) is 2. The molecule has 2 fully saturated rings. The Morgan fingerprint density at radius 3 is 1.53 bits per heavy atom. The van der Waals surface area contributed by atoms with E-state index >= 15 is 0 Å². The average Bonchev–Trinajstić information content (AvgIpc) is 3.14. The number of carbonyl (C=O) groups excluding carboxylic acids is 6. The number of aliphatic carboxylic acids is 2. The Kier molecular flexibility index (Phi) is 7.51. The Morgan fingerprint density at radius 2 is 1.24 bits per heavy atom. The molecule has 190 valence electrons. The number of amides is 4. The van der Waals surface area contributed by atoms with E-state index in [2.05, 4.69) is 0 Å². The lowest BCUT2D eigenvalue weighted by Gasteiger charge is -2.46. The van der Waals surface area contributed by atoms with Gasteiger partial charge in [0, 0.05) is 5.97 Å². The molecule has 0 saturated carbocycles. The molecule has 2 heterocycles. The third kappa shape index (κ3) is 4.93. The number of imide groups is 2. The number of likely N-dealkylation sites (tertiary alicyclic amines) is 2. The highest BCUT2D eigenvalue weighted by atomic mass is 32.2. The lowest BCUT2D eigenvalue weighted by molar-refractivity contribution is -0.325. The van der Waals surface area contributed by atoms with E-state index in [1.807, 2.05) is 0 Å². The lowest BCUT2D eigenvalue weighted by atomic mass is 9.96. The number of nitrogens with zero attached hydrogens (tertiary/aromatic N) is 2. The molecule has 2 aliphatic rings. The Balaban J connectivity index is 2.62. The Hall–Kier alpha value is -2.96. The number of carboxylic acid groups (broad SMARTS) is 2. The van der Waals surface area contributed by atoms with Gasteiger partial charge >= 0.3 is 0 Å². The number of hydrogen-bond acceptors (Lipinski definition) is 12. The smallest absolute Gasteiger partial charge is 0.277 e. The number of carbonyl (C=O) groups is 6. The van der Waals surface area contributed by atoms with Gasteiger partial charge in [0.2, 0.25) is 11.8 Å². The zero-order valence-corrected chi connectivity index (χ0v) is 18.7. The SMILES string of the molecule is O=C([O-])CCCCCC(C(=O)[O-])(N1C(=O)CC(S(=O)(=O)O)C1=O)N1C(=O)CC(S(=O)(=O)O)C1=O. The summed E-state index contributed by atoms with van der Waals surface area (Å²) in [5.74, 6) is -10.6. The molecule has 0 aliphatic carbocycles. The second-order valence-electron chi connectivity index (χ2n) is 7.59. The average molecular weight is 526 g/mol. The molecule has 0 radical (unpaired) electrons. The van der Waals surface area contributed by atoms with Gasteiger partial charge in [0.15, 0.2) is 16.2 Å². The normalized spacial score (nSPS) is 23.5. The number of hydrogen-bond donors (Lipinski definition) is 2. The molecular weight excluding hydrogens is 508 g/mol. The van der Waals surface area contributed by atoms with Crippen molar-refractivity contribution < 1.29 is 64.9 Å². The fourth-order valence-electron chi connectivity index (χ4n) is 3.88. The molecule has 2 unspecified atom stereocenters. The molecule has 4 amide bonds. The molecule has 2 rings (SSSR count). The minimum absolute atomic E-state index is 0.101. The van der Waals surface area contributed by atoms with Gasteiger partial charge in [-0.25, -0.2) is 0 Å². The van der Waals surface area contributed by atoms with E-state index in [0.29, 0.717) is 0 Å². The molecule has 0 aromatic carbocycles. The van der Waals surface area contributed by atoms with Crippen molar-refractivity contribution in [3.05, 3.63) is 0 Å². The Labute approximate surface area is 192 Å². The first-order valence-electron chi connectivity index (χ1n) is 9.54. The summed E-state index contributed by atoms with van der Waals surface area (Å²) in [6.45, 7) is 0. The molecule has 16 nitrogen and oxygen atoms in total. The highest BCUT2D eigenvalue weighted by Gasteiger charge is 2.63. The van der Waals surface area contributed by atoms with Crippen LogP contribution >= 0.6 is 0 Å². The van der Waals surface area contributed by atoms with Crippen LogP contribution in [0.2, 0.25) is 0 Å². The van der Waals surface area contributed by atoms with Crippen molar-refractivity contribution in [2.75, 3.05) is 0 Å². The molecule has 18 heteroatoms. The van der Waals surface area contributed by atoms with Crippen LogP contribution in [0.15, 0.2) is 0 Å². The maximum Gasteiger partial charge on any atom is 0.277 e. The Morgan fingerprint density at radius 1 is 0.824 bits per heavy atom. The molecule has 2 N–H and O–H groups in total. The number of carboxylic acids is 2. The molecule has 2 aliphatic heterocycles. The molecule has 0 bridgehead atoms. The van der Waals surface area contributed by atoms with Gasteiger partial charge in [-0.1, -0.05) is 6.42 Å². The third-order valence-corrected chi connectivity index (χ3v) is 7.58. The van der Waals surface area contributed by atoms with E-state index in [0.717, 1.165) is 0 Å². The van der Waals surface area contributed by atoms with Crippen LogP contribution in [-0.4, -0.2) is 87.5 Å². The lowest BCUT2D eigenvalue weighted by Crippen LogP contribution is -2.72. The number of rotatable bonds is 11.